The monoisotopic (exact) mass is 417 g/mol. The Hall–Kier alpha value is -3.87. The highest BCUT2D eigenvalue weighted by Gasteiger charge is 2.16. The molecule has 0 fully saturated rings. The largest absolute Gasteiger partial charge is 0.493 e. The molecule has 12 nitrogen and oxygen atoms in total. The van der Waals surface area contributed by atoms with Gasteiger partial charge < -0.3 is 5.11 Å². The molecule has 0 aliphatic rings. The summed E-state index contributed by atoms with van der Waals surface area (Å²) < 4.78 is 27.3. The molecular weight excluding hydrogens is 402 g/mol. The predicted octanol–water partition coefficient (Wildman–Crippen LogP) is 1.39. The molecule has 13 heteroatoms. The minimum Gasteiger partial charge on any atom is -0.493 e. The van der Waals surface area contributed by atoms with Gasteiger partial charge in [0.05, 0.1) is 10.6 Å². The van der Waals surface area contributed by atoms with Gasteiger partial charge in [-0.1, -0.05) is 0 Å². The number of aromatic hydroxyl groups is 1. The van der Waals surface area contributed by atoms with E-state index in [1.54, 1.807) is 19.9 Å². The summed E-state index contributed by atoms with van der Waals surface area (Å²) in [6.07, 6.45) is 0. The lowest BCUT2D eigenvalue weighted by molar-refractivity contribution is 0.450. The predicted molar refractivity (Wildman–Crippen MR) is 102 cm³/mol. The van der Waals surface area contributed by atoms with Crippen LogP contribution in [0.15, 0.2) is 55.0 Å². The molecule has 3 rings (SSSR count). The fourth-order valence-electron chi connectivity index (χ4n) is 2.31. The van der Waals surface area contributed by atoms with Crippen molar-refractivity contribution in [2.75, 3.05) is 4.72 Å². The normalized spacial score (nSPS) is 11.7. The molecule has 0 radical (unpaired) electrons. The Kier molecular flexibility index (Phi) is 5.23. The summed E-state index contributed by atoms with van der Waals surface area (Å²) in [5.74, 6) is -0.779. The maximum absolute atomic E-state index is 12.5. The third kappa shape index (κ3) is 4.70. The number of aryl methyl sites for hydroxylation is 2. The zero-order valence-corrected chi connectivity index (χ0v) is 16.0. The van der Waals surface area contributed by atoms with Crippen LogP contribution in [0, 0.1) is 13.8 Å². The number of H-pyrrole nitrogens is 2. The highest BCUT2D eigenvalue weighted by Crippen LogP contribution is 2.22. The second-order valence-electron chi connectivity index (χ2n) is 5.88. The highest BCUT2D eigenvalue weighted by molar-refractivity contribution is 7.92. The maximum Gasteiger partial charge on any atom is 0.328 e. The Morgan fingerprint density at radius 2 is 1.62 bits per heavy atom. The van der Waals surface area contributed by atoms with Crippen LogP contribution in [0.4, 0.5) is 17.3 Å². The fourth-order valence-corrected chi connectivity index (χ4v) is 3.25. The average Bonchev–Trinajstić information content (AvgIpc) is 2.60. The van der Waals surface area contributed by atoms with Crippen LogP contribution in [0.5, 0.6) is 5.88 Å². The van der Waals surface area contributed by atoms with Gasteiger partial charge in [0.2, 0.25) is 17.5 Å². The first-order valence-electron chi connectivity index (χ1n) is 8.06. The summed E-state index contributed by atoms with van der Waals surface area (Å²) in [6, 6.07) is 6.95. The van der Waals surface area contributed by atoms with E-state index >= 15 is 0 Å². The van der Waals surface area contributed by atoms with E-state index in [9.17, 15) is 23.1 Å². The third-order valence-corrected chi connectivity index (χ3v) is 4.86. The second kappa shape index (κ2) is 7.63. The van der Waals surface area contributed by atoms with Gasteiger partial charge in [-0.15, -0.1) is 5.11 Å². The Balaban J connectivity index is 1.82. The van der Waals surface area contributed by atoms with Crippen LogP contribution in [-0.4, -0.2) is 33.5 Å². The molecule has 0 aliphatic heterocycles. The van der Waals surface area contributed by atoms with E-state index in [1.165, 1.54) is 24.3 Å². The molecule has 29 heavy (non-hydrogen) atoms. The summed E-state index contributed by atoms with van der Waals surface area (Å²) in [5, 5.41) is 16.9. The first-order valence-corrected chi connectivity index (χ1v) is 9.55. The minimum absolute atomic E-state index is 0.0426. The number of nitrogens with one attached hydrogen (secondary N) is 3. The third-order valence-electron chi connectivity index (χ3n) is 3.52. The van der Waals surface area contributed by atoms with Gasteiger partial charge in [0.1, 0.15) is 0 Å². The van der Waals surface area contributed by atoms with Crippen molar-refractivity contribution in [1.29, 1.82) is 0 Å². The van der Waals surface area contributed by atoms with Gasteiger partial charge >= 0.3 is 5.69 Å². The molecule has 1 aromatic carbocycles. The molecule has 2 heterocycles. The maximum atomic E-state index is 12.5. The van der Waals surface area contributed by atoms with Crippen molar-refractivity contribution in [3.05, 3.63) is 62.6 Å². The Labute approximate surface area is 163 Å². The molecule has 2 aromatic heterocycles. The number of nitrogens with zero attached hydrogens (tertiary/aromatic N) is 4. The molecule has 0 unspecified atom stereocenters. The number of aromatic nitrogens is 4. The number of sulfonamides is 1. The number of aromatic amines is 2. The van der Waals surface area contributed by atoms with Crippen LogP contribution in [-0.2, 0) is 10.0 Å². The van der Waals surface area contributed by atoms with E-state index in [0.717, 1.165) is 0 Å². The van der Waals surface area contributed by atoms with Crippen LogP contribution >= 0.6 is 0 Å². The van der Waals surface area contributed by atoms with Crippen LogP contribution in [0.2, 0.25) is 0 Å². The Morgan fingerprint density at radius 3 is 2.21 bits per heavy atom. The van der Waals surface area contributed by atoms with E-state index in [1.807, 2.05) is 9.97 Å². The number of benzene rings is 1. The van der Waals surface area contributed by atoms with Crippen LogP contribution in [0.25, 0.3) is 0 Å². The Bertz CT molecular complexity index is 1290. The first kappa shape index (κ1) is 19.9. The van der Waals surface area contributed by atoms with Crippen molar-refractivity contribution in [2.45, 2.75) is 18.7 Å². The number of azo groups is 1. The topological polar surface area (TPSA) is 183 Å². The van der Waals surface area contributed by atoms with Crippen molar-refractivity contribution >= 4 is 27.3 Å². The molecule has 0 spiro atoms. The lowest BCUT2D eigenvalue weighted by Gasteiger charge is -2.08. The van der Waals surface area contributed by atoms with Crippen molar-refractivity contribution in [3.63, 3.8) is 0 Å². The molecular formula is C16H15N7O5S. The van der Waals surface area contributed by atoms with Crippen LogP contribution in [0.1, 0.15) is 11.4 Å². The molecule has 0 aliphatic carbocycles. The van der Waals surface area contributed by atoms with Crippen molar-refractivity contribution in [2.24, 2.45) is 10.2 Å². The van der Waals surface area contributed by atoms with E-state index in [0.29, 0.717) is 11.4 Å². The second-order valence-corrected chi connectivity index (χ2v) is 7.56. The summed E-state index contributed by atoms with van der Waals surface area (Å²) in [6.45, 7) is 3.44. The molecule has 4 N–H and O–H groups in total. The molecule has 0 saturated carbocycles. The van der Waals surface area contributed by atoms with Crippen LogP contribution < -0.4 is 16.0 Å². The van der Waals surface area contributed by atoms with Gasteiger partial charge in [0, 0.05) is 11.4 Å². The van der Waals surface area contributed by atoms with Gasteiger partial charge in [0.15, 0.2) is 0 Å². The SMILES string of the molecule is Cc1cc(C)nc(NS(=O)(=O)c2ccc(N=Nc3c(O)[nH]c(=O)[nH]c3=O)cc2)n1. The molecule has 3 aromatic rings. The first-order chi connectivity index (χ1) is 13.6. The summed E-state index contributed by atoms with van der Waals surface area (Å²) in [4.78, 5) is 34.5. The van der Waals surface area contributed by atoms with Gasteiger partial charge in [-0.3, -0.25) is 14.8 Å². The minimum atomic E-state index is -3.93. The molecule has 0 atom stereocenters. The average molecular weight is 417 g/mol. The quantitative estimate of drug-likeness (QED) is 0.452. The van der Waals surface area contributed by atoms with E-state index in [4.69, 9.17) is 0 Å². The number of hydrogen-bond donors (Lipinski definition) is 4. The standard InChI is InChI=1S/C16H15N7O5S/c1-8-7-9(2)18-15(17-8)23-29(27,28)11-5-3-10(4-6-11)21-22-12-13(24)19-16(26)20-14(12)25/h3-7H,1-2H3,(H,17,18,23)(H3,19,20,24,25,26). The molecule has 150 valence electrons. The zero-order valence-electron chi connectivity index (χ0n) is 15.2. The fraction of sp³-hybridized carbons (Fsp3) is 0.125. The molecule has 0 amide bonds. The van der Waals surface area contributed by atoms with Gasteiger partial charge in [0.25, 0.3) is 15.6 Å². The van der Waals surface area contributed by atoms with Crippen molar-refractivity contribution < 1.29 is 13.5 Å². The Morgan fingerprint density at radius 1 is 1.00 bits per heavy atom. The van der Waals surface area contributed by atoms with Crippen molar-refractivity contribution in [1.82, 2.24) is 19.9 Å². The molecule has 0 bridgehead atoms. The van der Waals surface area contributed by atoms with E-state index in [2.05, 4.69) is 24.9 Å². The van der Waals surface area contributed by atoms with Gasteiger partial charge in [-0.25, -0.2) is 27.9 Å². The summed E-state index contributed by atoms with van der Waals surface area (Å²) in [5.41, 5.74) is -0.863. The number of rotatable bonds is 5. The zero-order chi connectivity index (χ0) is 21.2. The number of anilines is 1. The lowest BCUT2D eigenvalue weighted by atomic mass is 10.3. The van der Waals surface area contributed by atoms with E-state index in [-0.39, 0.29) is 16.5 Å². The lowest BCUT2D eigenvalue weighted by Crippen LogP contribution is -2.20. The highest BCUT2D eigenvalue weighted by atomic mass is 32.2. The molecule has 0 saturated heterocycles. The smallest absolute Gasteiger partial charge is 0.328 e. The summed E-state index contributed by atoms with van der Waals surface area (Å²) >= 11 is 0. The van der Waals surface area contributed by atoms with E-state index < -0.39 is 32.8 Å². The summed E-state index contributed by atoms with van der Waals surface area (Å²) in [7, 11) is -3.93. The van der Waals surface area contributed by atoms with Crippen molar-refractivity contribution in [3.8, 4) is 5.88 Å². The number of hydrogen-bond acceptors (Lipinski definition) is 9. The van der Waals surface area contributed by atoms with Crippen LogP contribution in [0.3, 0.4) is 0 Å². The van der Waals surface area contributed by atoms with Gasteiger partial charge in [-0.05, 0) is 44.2 Å². The van der Waals surface area contributed by atoms with Gasteiger partial charge in [-0.2, -0.15) is 5.11 Å².